The van der Waals surface area contributed by atoms with Crippen LogP contribution in [0.4, 0.5) is 13.2 Å². The third-order valence-corrected chi connectivity index (χ3v) is 7.11. The summed E-state index contributed by atoms with van der Waals surface area (Å²) in [6.45, 7) is 4.98. The molecule has 3 aromatic rings. The van der Waals surface area contributed by atoms with E-state index in [0.717, 1.165) is 22.9 Å². The molecule has 2 aromatic carbocycles. The van der Waals surface area contributed by atoms with Gasteiger partial charge >= 0.3 is 6.18 Å². The summed E-state index contributed by atoms with van der Waals surface area (Å²) in [4.78, 5) is 17.4. The topological polar surface area (TPSA) is 32.8 Å². The third-order valence-electron chi connectivity index (χ3n) is 5.72. The molecule has 180 valence electrons. The molecule has 1 fully saturated rings. The monoisotopic (exact) mass is 508 g/mol. The number of ether oxygens (including phenoxy) is 1. The Morgan fingerprint density at radius 2 is 1.82 bits per heavy atom. The Labute approximate surface area is 205 Å². The first kappa shape index (κ1) is 24.6. The molecule has 1 aliphatic heterocycles. The first-order valence-electron chi connectivity index (χ1n) is 10.8. The summed E-state index contributed by atoms with van der Waals surface area (Å²) in [6.07, 6.45) is -4.35. The zero-order valence-corrected chi connectivity index (χ0v) is 20.1. The van der Waals surface area contributed by atoms with Gasteiger partial charge in [0.2, 0.25) is 0 Å². The number of amides is 1. The van der Waals surface area contributed by atoms with Gasteiger partial charge in [-0.3, -0.25) is 9.69 Å². The first-order valence-corrected chi connectivity index (χ1v) is 12.1. The van der Waals surface area contributed by atoms with E-state index in [-0.39, 0.29) is 5.91 Å². The van der Waals surface area contributed by atoms with Gasteiger partial charge in [0.1, 0.15) is 12.4 Å². The molecule has 9 heteroatoms. The van der Waals surface area contributed by atoms with Gasteiger partial charge in [-0.2, -0.15) is 13.2 Å². The van der Waals surface area contributed by atoms with Crippen molar-refractivity contribution in [2.45, 2.75) is 26.3 Å². The van der Waals surface area contributed by atoms with Crippen LogP contribution in [0.5, 0.6) is 5.75 Å². The maximum atomic E-state index is 12.9. The van der Waals surface area contributed by atoms with Crippen LogP contribution in [0.3, 0.4) is 0 Å². The van der Waals surface area contributed by atoms with Crippen LogP contribution in [-0.4, -0.2) is 41.9 Å². The minimum Gasteiger partial charge on any atom is -0.489 e. The second-order valence-electron chi connectivity index (χ2n) is 8.29. The average molecular weight is 509 g/mol. The van der Waals surface area contributed by atoms with Crippen molar-refractivity contribution in [2.24, 2.45) is 0 Å². The molecule has 0 unspecified atom stereocenters. The predicted molar refractivity (Wildman–Crippen MR) is 127 cm³/mol. The number of carbonyl (C=O) groups is 1. The van der Waals surface area contributed by atoms with Crippen molar-refractivity contribution >= 4 is 28.8 Å². The molecule has 0 bridgehead atoms. The molecule has 4 nitrogen and oxygen atoms in total. The van der Waals surface area contributed by atoms with Crippen LogP contribution < -0.4 is 4.74 Å². The summed E-state index contributed by atoms with van der Waals surface area (Å²) in [5.74, 6) is 0.690. The smallest absolute Gasteiger partial charge is 0.416 e. The average Bonchev–Trinajstić information content (AvgIpc) is 3.29. The van der Waals surface area contributed by atoms with Crippen molar-refractivity contribution < 1.29 is 22.7 Å². The van der Waals surface area contributed by atoms with E-state index in [4.69, 9.17) is 16.3 Å². The van der Waals surface area contributed by atoms with Crippen molar-refractivity contribution in [3.63, 3.8) is 0 Å². The second-order valence-corrected chi connectivity index (χ2v) is 9.60. The lowest BCUT2D eigenvalue weighted by Crippen LogP contribution is -2.48. The maximum absolute atomic E-state index is 12.9. The highest BCUT2D eigenvalue weighted by Crippen LogP contribution is 2.30. The number of thiophene rings is 1. The Morgan fingerprint density at radius 3 is 2.53 bits per heavy atom. The number of piperazine rings is 1. The SMILES string of the molecule is Cc1cc(OCc2csc(C(=O)N3CCN(Cc4cccc(C(F)(F)F)c4)CC3)c2)ccc1Cl. The fraction of sp³-hybridized carbons (Fsp3) is 0.320. The molecule has 1 aromatic heterocycles. The number of alkyl halides is 3. The van der Waals surface area contributed by atoms with E-state index in [1.807, 2.05) is 30.5 Å². The number of carbonyl (C=O) groups excluding carboxylic acids is 1. The van der Waals surface area contributed by atoms with Crippen molar-refractivity contribution in [2.75, 3.05) is 26.2 Å². The Kier molecular flexibility index (Phi) is 7.50. The number of hydrogen-bond donors (Lipinski definition) is 0. The standard InChI is InChI=1S/C25H24ClF3N2O2S/c1-17-11-21(5-6-22(17)26)33-15-19-13-23(34-16-19)24(32)31-9-7-30(8-10-31)14-18-3-2-4-20(12-18)25(27,28)29/h2-6,11-13,16H,7-10,14-15H2,1H3. The quantitative estimate of drug-likeness (QED) is 0.393. The summed E-state index contributed by atoms with van der Waals surface area (Å²) in [5, 5.41) is 2.60. The van der Waals surface area contributed by atoms with E-state index in [9.17, 15) is 18.0 Å². The summed E-state index contributed by atoms with van der Waals surface area (Å²) in [7, 11) is 0. The van der Waals surface area contributed by atoms with Crippen molar-refractivity contribution in [1.82, 2.24) is 9.80 Å². The number of benzene rings is 2. The van der Waals surface area contributed by atoms with Crippen LogP contribution in [0.15, 0.2) is 53.9 Å². The number of nitrogens with zero attached hydrogens (tertiary/aromatic N) is 2. The number of rotatable bonds is 6. The van der Waals surface area contributed by atoms with Gasteiger partial charge in [0, 0.05) is 43.3 Å². The fourth-order valence-electron chi connectivity index (χ4n) is 3.81. The fourth-order valence-corrected chi connectivity index (χ4v) is 4.79. The lowest BCUT2D eigenvalue weighted by atomic mass is 10.1. The number of aryl methyl sites for hydroxylation is 1. The highest BCUT2D eigenvalue weighted by Gasteiger charge is 2.30. The lowest BCUT2D eigenvalue weighted by Gasteiger charge is -2.34. The Balaban J connectivity index is 1.28. The van der Waals surface area contributed by atoms with E-state index in [0.29, 0.717) is 54.8 Å². The molecule has 2 heterocycles. The Hall–Kier alpha value is -2.55. The van der Waals surface area contributed by atoms with Crippen LogP contribution >= 0.6 is 22.9 Å². The molecule has 0 atom stereocenters. The van der Waals surface area contributed by atoms with Crippen LogP contribution in [0.2, 0.25) is 5.02 Å². The Bertz CT molecular complexity index is 1160. The highest BCUT2D eigenvalue weighted by molar-refractivity contribution is 7.12. The molecule has 0 spiro atoms. The van der Waals surface area contributed by atoms with Crippen LogP contribution in [0, 0.1) is 6.92 Å². The molecule has 0 saturated carbocycles. The summed E-state index contributed by atoms with van der Waals surface area (Å²) >= 11 is 7.43. The van der Waals surface area contributed by atoms with Gasteiger partial charge in [0.15, 0.2) is 0 Å². The van der Waals surface area contributed by atoms with E-state index < -0.39 is 11.7 Å². The number of halogens is 4. The zero-order chi connectivity index (χ0) is 24.3. The van der Waals surface area contributed by atoms with Crippen LogP contribution in [0.25, 0.3) is 0 Å². The number of hydrogen-bond acceptors (Lipinski definition) is 4. The summed E-state index contributed by atoms with van der Waals surface area (Å²) in [6, 6.07) is 12.7. The highest BCUT2D eigenvalue weighted by atomic mass is 35.5. The van der Waals surface area contributed by atoms with Crippen LogP contribution in [0.1, 0.15) is 31.9 Å². The van der Waals surface area contributed by atoms with Crippen molar-refractivity contribution in [3.8, 4) is 5.75 Å². The van der Waals surface area contributed by atoms with E-state index in [2.05, 4.69) is 4.90 Å². The molecule has 0 radical (unpaired) electrons. The Morgan fingerprint density at radius 1 is 1.06 bits per heavy atom. The second kappa shape index (κ2) is 10.4. The maximum Gasteiger partial charge on any atom is 0.416 e. The molecule has 1 saturated heterocycles. The molecule has 34 heavy (non-hydrogen) atoms. The van der Waals surface area contributed by atoms with Crippen molar-refractivity contribution in [1.29, 1.82) is 0 Å². The normalized spacial score (nSPS) is 14.9. The minimum atomic E-state index is -4.35. The minimum absolute atomic E-state index is 0.0303. The van der Waals surface area contributed by atoms with Gasteiger partial charge in [0.25, 0.3) is 5.91 Å². The molecular weight excluding hydrogens is 485 g/mol. The lowest BCUT2D eigenvalue weighted by molar-refractivity contribution is -0.137. The molecule has 0 N–H and O–H groups in total. The van der Waals surface area contributed by atoms with Crippen LogP contribution in [-0.2, 0) is 19.3 Å². The van der Waals surface area contributed by atoms with E-state index in [1.54, 1.807) is 17.0 Å². The largest absolute Gasteiger partial charge is 0.489 e. The predicted octanol–water partition coefficient (Wildman–Crippen LogP) is 6.27. The zero-order valence-electron chi connectivity index (χ0n) is 18.6. The van der Waals surface area contributed by atoms with Gasteiger partial charge in [-0.1, -0.05) is 29.8 Å². The third kappa shape index (κ3) is 6.11. The van der Waals surface area contributed by atoms with E-state index >= 15 is 0 Å². The molecule has 1 amide bonds. The van der Waals surface area contributed by atoms with Gasteiger partial charge < -0.3 is 9.64 Å². The van der Waals surface area contributed by atoms with E-state index in [1.165, 1.54) is 23.5 Å². The molecule has 0 aliphatic carbocycles. The van der Waals surface area contributed by atoms with Gasteiger partial charge in [-0.25, -0.2) is 0 Å². The summed E-state index contributed by atoms with van der Waals surface area (Å²) < 4.78 is 44.6. The molecule has 1 aliphatic rings. The van der Waals surface area contributed by atoms with Gasteiger partial charge in [-0.15, -0.1) is 11.3 Å². The summed E-state index contributed by atoms with van der Waals surface area (Å²) in [5.41, 5.74) is 1.84. The van der Waals surface area contributed by atoms with Gasteiger partial charge in [0.05, 0.1) is 10.4 Å². The first-order chi connectivity index (χ1) is 16.2. The molecular formula is C25H24ClF3N2O2S. The van der Waals surface area contributed by atoms with Crippen molar-refractivity contribution in [3.05, 3.63) is 86.1 Å². The molecule has 4 rings (SSSR count). The van der Waals surface area contributed by atoms with Gasteiger partial charge in [-0.05, 0) is 53.8 Å².